The molecule has 1 amide bonds. The Morgan fingerprint density at radius 3 is 2.29 bits per heavy atom. The van der Waals surface area contributed by atoms with E-state index in [1.165, 1.54) is 0 Å². The maximum atomic E-state index is 11.8. The third-order valence-corrected chi connectivity index (χ3v) is 2.32. The van der Waals surface area contributed by atoms with Gasteiger partial charge in [0.15, 0.2) is 0 Å². The van der Waals surface area contributed by atoms with Crippen molar-refractivity contribution < 1.29 is 9.59 Å². The second kappa shape index (κ2) is 5.07. The number of nitrogens with one attached hydrogen (secondary N) is 1. The minimum absolute atomic E-state index is 0.242. The molecule has 0 spiro atoms. The van der Waals surface area contributed by atoms with Crippen LogP contribution in [0.1, 0.15) is 15.9 Å². The van der Waals surface area contributed by atoms with E-state index in [9.17, 15) is 9.59 Å². The van der Waals surface area contributed by atoms with Gasteiger partial charge in [-0.3, -0.25) is 9.59 Å². The number of carbonyl (C=O) groups is 1. The van der Waals surface area contributed by atoms with Crippen molar-refractivity contribution >= 4 is 17.9 Å². The topological polar surface area (TPSA) is 46.2 Å². The molecule has 0 aromatic heterocycles. The maximum Gasteiger partial charge on any atom is 0.255 e. The maximum absolute atomic E-state index is 11.8. The van der Waals surface area contributed by atoms with Crippen LogP contribution in [0, 0.1) is 0 Å². The van der Waals surface area contributed by atoms with E-state index in [2.05, 4.69) is 5.32 Å². The molecule has 0 heterocycles. The van der Waals surface area contributed by atoms with E-state index in [0.717, 1.165) is 0 Å². The largest absolute Gasteiger partial charge is 0.321 e. The van der Waals surface area contributed by atoms with Crippen molar-refractivity contribution in [3.05, 3.63) is 65.7 Å². The third-order valence-electron chi connectivity index (χ3n) is 2.32. The summed E-state index contributed by atoms with van der Waals surface area (Å²) in [5.74, 6) is -0.242. The highest BCUT2D eigenvalue weighted by Gasteiger charge is 2.07. The van der Waals surface area contributed by atoms with E-state index in [4.69, 9.17) is 0 Å². The molecule has 0 unspecified atom stereocenters. The van der Waals surface area contributed by atoms with Gasteiger partial charge in [0.1, 0.15) is 0 Å². The minimum atomic E-state index is -0.242. The fourth-order valence-corrected chi connectivity index (χ4v) is 1.47. The molecular formula is C14H10NO2. The Labute approximate surface area is 99.1 Å². The normalized spacial score (nSPS) is 9.65. The van der Waals surface area contributed by atoms with Gasteiger partial charge in [-0.25, -0.2) is 0 Å². The fourth-order valence-electron chi connectivity index (χ4n) is 1.47. The van der Waals surface area contributed by atoms with Crippen molar-refractivity contribution in [2.45, 2.75) is 0 Å². The van der Waals surface area contributed by atoms with Gasteiger partial charge in [-0.2, -0.15) is 0 Å². The lowest BCUT2D eigenvalue weighted by atomic mass is 10.1. The summed E-state index contributed by atoms with van der Waals surface area (Å²) in [6, 6.07) is 15.6. The molecule has 0 saturated carbocycles. The highest BCUT2D eigenvalue weighted by molar-refractivity contribution is 6.06. The summed E-state index contributed by atoms with van der Waals surface area (Å²) in [7, 11) is 0. The molecule has 2 aromatic rings. The van der Waals surface area contributed by atoms with Gasteiger partial charge in [-0.1, -0.05) is 30.3 Å². The lowest BCUT2D eigenvalue weighted by Gasteiger charge is -2.06. The van der Waals surface area contributed by atoms with E-state index >= 15 is 0 Å². The van der Waals surface area contributed by atoms with Crippen molar-refractivity contribution in [2.75, 3.05) is 5.32 Å². The molecule has 3 heteroatoms. The monoisotopic (exact) mass is 224 g/mol. The third kappa shape index (κ3) is 2.58. The second-order valence-electron chi connectivity index (χ2n) is 3.47. The van der Waals surface area contributed by atoms with Crippen LogP contribution in [0.3, 0.4) is 0 Å². The molecular weight excluding hydrogens is 214 g/mol. The van der Waals surface area contributed by atoms with Gasteiger partial charge in [-0.15, -0.1) is 0 Å². The molecule has 0 atom stereocenters. The van der Waals surface area contributed by atoms with Crippen molar-refractivity contribution in [1.82, 2.24) is 0 Å². The van der Waals surface area contributed by atoms with E-state index < -0.39 is 0 Å². The highest BCUT2D eigenvalue weighted by Crippen LogP contribution is 2.13. The molecule has 0 saturated heterocycles. The minimum Gasteiger partial charge on any atom is -0.321 e. The first-order chi connectivity index (χ1) is 8.31. The van der Waals surface area contributed by atoms with Gasteiger partial charge < -0.3 is 5.32 Å². The van der Waals surface area contributed by atoms with Crippen molar-refractivity contribution in [1.29, 1.82) is 0 Å². The highest BCUT2D eigenvalue weighted by atomic mass is 16.1. The molecule has 1 N–H and O–H groups in total. The number of anilines is 1. The number of amides is 1. The summed E-state index contributed by atoms with van der Waals surface area (Å²) < 4.78 is 0. The fraction of sp³-hybridized carbons (Fsp3) is 0. The molecule has 0 aliphatic heterocycles. The quantitative estimate of drug-likeness (QED) is 0.870. The van der Waals surface area contributed by atoms with Crippen LogP contribution in [0.4, 0.5) is 5.69 Å². The Hall–Kier alpha value is -2.42. The second-order valence-corrected chi connectivity index (χ2v) is 3.47. The summed E-state index contributed by atoms with van der Waals surface area (Å²) in [6.07, 6.45) is 1.79. The summed E-state index contributed by atoms with van der Waals surface area (Å²) in [5, 5.41) is 2.68. The standard InChI is InChI=1S/C14H10NO2/c16-10-12-8-4-5-9-13(12)15-14(17)11-6-2-1-3-7-11/h1-9H,(H,15,17). The molecule has 0 aliphatic rings. The molecule has 0 bridgehead atoms. The lowest BCUT2D eigenvalue weighted by molar-refractivity contribution is 0.102. The van der Waals surface area contributed by atoms with Crippen LogP contribution in [-0.4, -0.2) is 12.2 Å². The number of benzene rings is 2. The zero-order chi connectivity index (χ0) is 12.1. The zero-order valence-electron chi connectivity index (χ0n) is 9.01. The first-order valence-electron chi connectivity index (χ1n) is 5.15. The Morgan fingerprint density at radius 2 is 1.59 bits per heavy atom. The van der Waals surface area contributed by atoms with Gasteiger partial charge in [0.05, 0.1) is 5.69 Å². The number of rotatable bonds is 3. The van der Waals surface area contributed by atoms with E-state index in [0.29, 0.717) is 16.8 Å². The van der Waals surface area contributed by atoms with Crippen LogP contribution in [0.5, 0.6) is 0 Å². The van der Waals surface area contributed by atoms with Gasteiger partial charge in [0, 0.05) is 11.1 Å². The van der Waals surface area contributed by atoms with Crippen LogP contribution >= 0.6 is 0 Å². The molecule has 2 rings (SSSR count). The average Bonchev–Trinajstić information content (AvgIpc) is 2.40. The Balaban J connectivity index is 2.22. The van der Waals surface area contributed by atoms with Gasteiger partial charge in [0.25, 0.3) is 5.91 Å². The van der Waals surface area contributed by atoms with Crippen molar-refractivity contribution in [3.63, 3.8) is 0 Å². The number of para-hydroxylation sites is 1. The predicted molar refractivity (Wildman–Crippen MR) is 65.6 cm³/mol. The summed E-state index contributed by atoms with van der Waals surface area (Å²) in [6.45, 7) is 0. The van der Waals surface area contributed by atoms with E-state index in [-0.39, 0.29) is 5.91 Å². The predicted octanol–water partition coefficient (Wildman–Crippen LogP) is 2.40. The average molecular weight is 224 g/mol. The summed E-state index contributed by atoms with van der Waals surface area (Å²) in [5.41, 5.74) is 1.36. The van der Waals surface area contributed by atoms with Gasteiger partial charge in [0.2, 0.25) is 6.29 Å². The van der Waals surface area contributed by atoms with Crippen molar-refractivity contribution in [2.24, 2.45) is 0 Å². The Bertz CT molecular complexity index is 535. The van der Waals surface area contributed by atoms with E-state index in [1.807, 2.05) is 6.07 Å². The Morgan fingerprint density at radius 1 is 0.941 bits per heavy atom. The molecule has 17 heavy (non-hydrogen) atoms. The van der Waals surface area contributed by atoms with Crippen LogP contribution < -0.4 is 5.32 Å². The van der Waals surface area contributed by atoms with Crippen LogP contribution in [0.25, 0.3) is 0 Å². The zero-order valence-corrected chi connectivity index (χ0v) is 9.01. The molecule has 0 fully saturated rings. The molecule has 1 radical (unpaired) electrons. The molecule has 0 aliphatic carbocycles. The van der Waals surface area contributed by atoms with Crippen molar-refractivity contribution in [3.8, 4) is 0 Å². The first kappa shape index (κ1) is 11.1. The summed E-state index contributed by atoms with van der Waals surface area (Å²) in [4.78, 5) is 22.5. The van der Waals surface area contributed by atoms with Crippen LogP contribution in [0.2, 0.25) is 0 Å². The molecule has 83 valence electrons. The smallest absolute Gasteiger partial charge is 0.255 e. The van der Waals surface area contributed by atoms with Gasteiger partial charge in [-0.05, 0) is 24.3 Å². The Kier molecular flexibility index (Phi) is 3.31. The number of carbonyl (C=O) groups excluding carboxylic acids is 2. The SMILES string of the molecule is O=[C]c1ccccc1NC(=O)c1ccccc1. The van der Waals surface area contributed by atoms with E-state index in [1.54, 1.807) is 54.8 Å². The van der Waals surface area contributed by atoms with Crippen LogP contribution in [-0.2, 0) is 4.79 Å². The summed E-state index contributed by atoms with van der Waals surface area (Å²) >= 11 is 0. The first-order valence-corrected chi connectivity index (χ1v) is 5.15. The molecule has 2 aromatic carbocycles. The number of hydrogen-bond donors (Lipinski definition) is 1. The number of hydrogen-bond acceptors (Lipinski definition) is 2. The van der Waals surface area contributed by atoms with Crippen LogP contribution in [0.15, 0.2) is 54.6 Å². The lowest BCUT2D eigenvalue weighted by Crippen LogP contribution is -2.12. The van der Waals surface area contributed by atoms with Gasteiger partial charge >= 0.3 is 0 Å². The molecule has 3 nitrogen and oxygen atoms in total.